The Bertz CT molecular complexity index is 699. The summed E-state index contributed by atoms with van der Waals surface area (Å²) in [5.74, 6) is 0.342. The molecule has 0 radical (unpaired) electrons. The average molecular weight is 343 g/mol. The van der Waals surface area contributed by atoms with Crippen LogP contribution in [0.15, 0.2) is 42.5 Å². The van der Waals surface area contributed by atoms with Crippen LogP contribution in [0.3, 0.4) is 0 Å². The molecule has 0 spiro atoms. The molecule has 0 aliphatic heterocycles. The maximum absolute atomic E-state index is 11.6. The zero-order chi connectivity index (χ0) is 17.9. The van der Waals surface area contributed by atoms with Gasteiger partial charge in [-0.3, -0.25) is 9.59 Å². The molecule has 0 atom stereocenters. The van der Waals surface area contributed by atoms with Crippen molar-refractivity contribution in [3.63, 3.8) is 0 Å². The van der Waals surface area contributed by atoms with Crippen molar-refractivity contribution in [2.45, 2.75) is 32.6 Å². The van der Waals surface area contributed by atoms with E-state index in [0.29, 0.717) is 19.6 Å². The summed E-state index contributed by atoms with van der Waals surface area (Å²) in [4.78, 5) is 22.7. The van der Waals surface area contributed by atoms with E-state index in [9.17, 15) is 9.59 Å². The predicted octanol–water partition coefficient (Wildman–Crippen LogP) is 3.46. The first-order valence-corrected chi connectivity index (χ1v) is 8.73. The standard InChI is InChI=1S/C20H25NO4/c1-2-24-20(23)15-21-19(22)10-4-3-7-13-25-18-12-11-16-8-5-6-9-17(16)14-18/h5-6,8-9,11-12,14H,2-4,7,10,13,15H2,1H3,(H,21,22). The van der Waals surface area contributed by atoms with Crippen LogP contribution in [0.1, 0.15) is 32.6 Å². The van der Waals surface area contributed by atoms with Gasteiger partial charge in [-0.2, -0.15) is 0 Å². The molecule has 25 heavy (non-hydrogen) atoms. The second-order valence-electron chi connectivity index (χ2n) is 5.75. The number of rotatable bonds is 10. The fraction of sp³-hybridized carbons (Fsp3) is 0.400. The lowest BCUT2D eigenvalue weighted by atomic mass is 10.1. The Morgan fingerprint density at radius 1 is 1.00 bits per heavy atom. The largest absolute Gasteiger partial charge is 0.494 e. The fourth-order valence-corrected chi connectivity index (χ4v) is 2.48. The first-order chi connectivity index (χ1) is 12.2. The van der Waals surface area contributed by atoms with Crippen molar-refractivity contribution in [3.8, 4) is 5.75 Å². The molecule has 0 unspecified atom stereocenters. The third-order valence-corrected chi connectivity index (χ3v) is 3.77. The lowest BCUT2D eigenvalue weighted by molar-refractivity contribution is -0.143. The number of carbonyl (C=O) groups is 2. The van der Waals surface area contributed by atoms with Crippen LogP contribution in [0.2, 0.25) is 0 Å². The van der Waals surface area contributed by atoms with Gasteiger partial charge in [-0.25, -0.2) is 0 Å². The summed E-state index contributed by atoms with van der Waals surface area (Å²) in [6.07, 6.45) is 2.98. The fourth-order valence-electron chi connectivity index (χ4n) is 2.48. The third kappa shape index (κ3) is 6.83. The molecule has 0 saturated carbocycles. The number of benzene rings is 2. The van der Waals surface area contributed by atoms with Crippen LogP contribution in [-0.2, 0) is 14.3 Å². The van der Waals surface area contributed by atoms with E-state index in [2.05, 4.69) is 23.5 Å². The molecule has 0 aromatic heterocycles. The number of carbonyl (C=O) groups excluding carboxylic acids is 2. The normalized spacial score (nSPS) is 10.4. The van der Waals surface area contributed by atoms with Crippen LogP contribution in [0.4, 0.5) is 0 Å². The van der Waals surface area contributed by atoms with Gasteiger partial charge in [0, 0.05) is 6.42 Å². The van der Waals surface area contributed by atoms with Crippen molar-refractivity contribution in [3.05, 3.63) is 42.5 Å². The number of amides is 1. The van der Waals surface area contributed by atoms with Crippen molar-refractivity contribution in [1.29, 1.82) is 0 Å². The van der Waals surface area contributed by atoms with Crippen LogP contribution >= 0.6 is 0 Å². The molecular weight excluding hydrogens is 318 g/mol. The predicted molar refractivity (Wildman–Crippen MR) is 97.6 cm³/mol. The molecule has 0 saturated heterocycles. The van der Waals surface area contributed by atoms with Crippen molar-refractivity contribution in [1.82, 2.24) is 5.32 Å². The van der Waals surface area contributed by atoms with E-state index in [0.717, 1.165) is 25.0 Å². The summed E-state index contributed by atoms with van der Waals surface area (Å²) < 4.78 is 10.5. The van der Waals surface area contributed by atoms with E-state index in [4.69, 9.17) is 9.47 Å². The van der Waals surface area contributed by atoms with E-state index < -0.39 is 5.97 Å². The number of nitrogens with one attached hydrogen (secondary N) is 1. The summed E-state index contributed by atoms with van der Waals surface area (Å²) >= 11 is 0. The highest BCUT2D eigenvalue weighted by Crippen LogP contribution is 2.20. The second-order valence-corrected chi connectivity index (χ2v) is 5.75. The molecule has 2 rings (SSSR count). The number of hydrogen-bond acceptors (Lipinski definition) is 4. The molecule has 0 bridgehead atoms. The molecule has 2 aromatic carbocycles. The lowest BCUT2D eigenvalue weighted by Crippen LogP contribution is -2.30. The molecule has 134 valence electrons. The van der Waals surface area contributed by atoms with E-state index in [1.165, 1.54) is 10.8 Å². The molecule has 1 N–H and O–H groups in total. The number of ether oxygens (including phenoxy) is 2. The summed E-state index contributed by atoms with van der Waals surface area (Å²) in [6.45, 7) is 2.63. The minimum absolute atomic E-state index is 0.0578. The average Bonchev–Trinajstić information content (AvgIpc) is 2.63. The van der Waals surface area contributed by atoms with Gasteiger partial charge in [-0.05, 0) is 49.1 Å². The number of esters is 1. The smallest absolute Gasteiger partial charge is 0.325 e. The Morgan fingerprint density at radius 2 is 1.80 bits per heavy atom. The summed E-state index contributed by atoms with van der Waals surface area (Å²) in [6, 6.07) is 14.2. The first-order valence-electron chi connectivity index (χ1n) is 8.73. The monoisotopic (exact) mass is 343 g/mol. The highest BCUT2D eigenvalue weighted by atomic mass is 16.5. The van der Waals surface area contributed by atoms with Gasteiger partial charge in [-0.15, -0.1) is 0 Å². The zero-order valence-corrected chi connectivity index (χ0v) is 14.6. The van der Waals surface area contributed by atoms with Gasteiger partial charge < -0.3 is 14.8 Å². The quantitative estimate of drug-likeness (QED) is 0.530. The molecule has 0 aliphatic carbocycles. The van der Waals surface area contributed by atoms with Gasteiger partial charge in [0.25, 0.3) is 0 Å². The Kier molecular flexibility index (Phi) is 7.76. The SMILES string of the molecule is CCOC(=O)CNC(=O)CCCCCOc1ccc2ccccc2c1. The van der Waals surface area contributed by atoms with Crippen molar-refractivity contribution < 1.29 is 19.1 Å². The molecule has 1 amide bonds. The zero-order valence-electron chi connectivity index (χ0n) is 14.6. The number of fused-ring (bicyclic) bond motifs is 1. The van der Waals surface area contributed by atoms with E-state index >= 15 is 0 Å². The molecule has 2 aromatic rings. The molecule has 0 heterocycles. The Labute approximate surface area is 148 Å². The third-order valence-electron chi connectivity index (χ3n) is 3.77. The van der Waals surface area contributed by atoms with E-state index in [1.807, 2.05) is 24.3 Å². The van der Waals surface area contributed by atoms with Gasteiger partial charge in [0.05, 0.1) is 13.2 Å². The summed E-state index contributed by atoms with van der Waals surface area (Å²) in [5, 5.41) is 4.92. The minimum Gasteiger partial charge on any atom is -0.494 e. The van der Waals surface area contributed by atoms with Crippen molar-refractivity contribution in [2.24, 2.45) is 0 Å². The molecule has 0 fully saturated rings. The second kappa shape index (κ2) is 10.3. The molecule has 5 heteroatoms. The maximum atomic E-state index is 11.6. The summed E-state index contributed by atoms with van der Waals surface area (Å²) in [7, 11) is 0. The highest BCUT2D eigenvalue weighted by molar-refractivity contribution is 5.83. The van der Waals surface area contributed by atoms with Crippen LogP contribution in [0.25, 0.3) is 10.8 Å². The number of hydrogen-bond donors (Lipinski definition) is 1. The molecule has 5 nitrogen and oxygen atoms in total. The Morgan fingerprint density at radius 3 is 2.60 bits per heavy atom. The lowest BCUT2D eigenvalue weighted by Gasteiger charge is -2.08. The van der Waals surface area contributed by atoms with Gasteiger partial charge in [-0.1, -0.05) is 30.3 Å². The van der Waals surface area contributed by atoms with Gasteiger partial charge >= 0.3 is 5.97 Å². The van der Waals surface area contributed by atoms with Gasteiger partial charge in [0.1, 0.15) is 12.3 Å². The Balaban J connectivity index is 1.56. The van der Waals surface area contributed by atoms with Crippen LogP contribution in [0, 0.1) is 0 Å². The van der Waals surface area contributed by atoms with Crippen molar-refractivity contribution in [2.75, 3.05) is 19.8 Å². The Hall–Kier alpha value is -2.56. The van der Waals surface area contributed by atoms with Crippen molar-refractivity contribution >= 4 is 22.6 Å². The van der Waals surface area contributed by atoms with E-state index in [-0.39, 0.29) is 12.5 Å². The maximum Gasteiger partial charge on any atom is 0.325 e. The highest BCUT2D eigenvalue weighted by Gasteiger charge is 2.05. The van der Waals surface area contributed by atoms with Gasteiger partial charge in [0.2, 0.25) is 5.91 Å². The van der Waals surface area contributed by atoms with Crippen LogP contribution < -0.4 is 10.1 Å². The first kappa shape index (κ1) is 18.8. The molecule has 0 aliphatic rings. The van der Waals surface area contributed by atoms with Crippen LogP contribution in [-0.4, -0.2) is 31.6 Å². The summed E-state index contributed by atoms with van der Waals surface area (Å²) in [5.41, 5.74) is 0. The van der Waals surface area contributed by atoms with Gasteiger partial charge in [0.15, 0.2) is 0 Å². The topological polar surface area (TPSA) is 64.6 Å². The van der Waals surface area contributed by atoms with E-state index in [1.54, 1.807) is 6.92 Å². The minimum atomic E-state index is -0.403. The number of unbranched alkanes of at least 4 members (excludes halogenated alkanes) is 2. The van der Waals surface area contributed by atoms with Crippen LogP contribution in [0.5, 0.6) is 5.75 Å². The molecular formula is C20H25NO4.